The molecular formula is C21H13Cl3N2OS. The van der Waals surface area contributed by atoms with Crippen molar-refractivity contribution < 1.29 is 0 Å². The van der Waals surface area contributed by atoms with E-state index < -0.39 is 0 Å². The minimum absolute atomic E-state index is 0.127. The Labute approximate surface area is 180 Å². The van der Waals surface area contributed by atoms with Crippen LogP contribution in [0.4, 0.5) is 0 Å². The van der Waals surface area contributed by atoms with Gasteiger partial charge in [-0.1, -0.05) is 64.8 Å². The van der Waals surface area contributed by atoms with Crippen LogP contribution in [-0.2, 0) is 5.75 Å². The molecule has 1 aromatic heterocycles. The fourth-order valence-electron chi connectivity index (χ4n) is 2.81. The quantitative estimate of drug-likeness (QED) is 0.260. The van der Waals surface area contributed by atoms with Gasteiger partial charge in [0.15, 0.2) is 5.16 Å². The van der Waals surface area contributed by atoms with Gasteiger partial charge in [0.05, 0.1) is 16.6 Å². The fraction of sp³-hybridized carbons (Fsp3) is 0.0476. The van der Waals surface area contributed by atoms with Gasteiger partial charge in [-0.25, -0.2) is 4.98 Å². The number of fused-ring (bicyclic) bond motifs is 1. The number of para-hydroxylation sites is 1. The molecular weight excluding hydrogens is 435 g/mol. The second-order valence-corrected chi connectivity index (χ2v) is 8.28. The first-order valence-electron chi connectivity index (χ1n) is 8.37. The number of rotatable bonds is 4. The molecule has 0 unspecified atom stereocenters. The van der Waals surface area contributed by atoms with Crippen molar-refractivity contribution >= 4 is 57.5 Å². The van der Waals surface area contributed by atoms with Crippen LogP contribution in [0.25, 0.3) is 16.6 Å². The Morgan fingerprint density at radius 3 is 2.36 bits per heavy atom. The molecule has 0 fully saturated rings. The SMILES string of the molecule is O=c1c2ccccc2nc(SCc2ccc(Cl)cc2Cl)n1-c1ccc(Cl)cc1. The largest absolute Gasteiger partial charge is 0.268 e. The lowest BCUT2D eigenvalue weighted by atomic mass is 10.2. The third-order valence-electron chi connectivity index (χ3n) is 4.20. The molecule has 0 spiro atoms. The Morgan fingerprint density at radius 2 is 1.61 bits per heavy atom. The summed E-state index contributed by atoms with van der Waals surface area (Å²) in [7, 11) is 0. The van der Waals surface area contributed by atoms with Crippen LogP contribution < -0.4 is 5.56 Å². The van der Waals surface area contributed by atoms with Gasteiger partial charge in [-0.3, -0.25) is 9.36 Å². The lowest BCUT2D eigenvalue weighted by Gasteiger charge is -2.13. The summed E-state index contributed by atoms with van der Waals surface area (Å²) in [6.07, 6.45) is 0. The summed E-state index contributed by atoms with van der Waals surface area (Å²) >= 11 is 19.7. The molecule has 0 saturated heterocycles. The Bertz CT molecular complexity index is 1220. The molecule has 3 nitrogen and oxygen atoms in total. The molecule has 0 amide bonds. The predicted octanol–water partition coefficient (Wildman–Crippen LogP) is 6.64. The molecule has 0 bridgehead atoms. The maximum atomic E-state index is 13.2. The highest BCUT2D eigenvalue weighted by Crippen LogP contribution is 2.29. The van der Waals surface area contributed by atoms with Crippen LogP contribution in [0, 0.1) is 0 Å². The first-order chi connectivity index (χ1) is 13.5. The Kier molecular flexibility index (Phi) is 5.65. The highest BCUT2D eigenvalue weighted by atomic mass is 35.5. The van der Waals surface area contributed by atoms with E-state index in [1.807, 2.05) is 24.3 Å². The number of thioether (sulfide) groups is 1. The van der Waals surface area contributed by atoms with Gasteiger partial charge in [0.2, 0.25) is 0 Å². The molecule has 4 rings (SSSR count). The van der Waals surface area contributed by atoms with E-state index in [2.05, 4.69) is 0 Å². The zero-order chi connectivity index (χ0) is 19.7. The molecule has 0 saturated carbocycles. The average Bonchev–Trinajstić information content (AvgIpc) is 2.68. The molecule has 7 heteroatoms. The van der Waals surface area contributed by atoms with Gasteiger partial charge in [-0.2, -0.15) is 0 Å². The summed E-state index contributed by atoms with van der Waals surface area (Å²) in [5.74, 6) is 0.550. The van der Waals surface area contributed by atoms with Crippen LogP contribution in [0.3, 0.4) is 0 Å². The van der Waals surface area contributed by atoms with Crippen molar-refractivity contribution in [2.45, 2.75) is 10.9 Å². The van der Waals surface area contributed by atoms with Crippen LogP contribution in [0.15, 0.2) is 76.7 Å². The third kappa shape index (κ3) is 3.91. The van der Waals surface area contributed by atoms with Crippen molar-refractivity contribution in [2.75, 3.05) is 0 Å². The average molecular weight is 448 g/mol. The lowest BCUT2D eigenvalue weighted by molar-refractivity contribution is 0.819. The standard InChI is InChI=1S/C21H13Cl3N2OS/c22-14-7-9-16(10-8-14)26-20(27)17-3-1-2-4-19(17)25-21(26)28-12-13-5-6-15(23)11-18(13)24/h1-11H,12H2. The highest BCUT2D eigenvalue weighted by Gasteiger charge is 2.14. The smallest absolute Gasteiger partial charge is 0.266 e. The Balaban J connectivity index is 1.82. The molecule has 0 atom stereocenters. The van der Waals surface area contributed by atoms with Crippen LogP contribution in [0.2, 0.25) is 15.1 Å². The number of benzene rings is 3. The molecule has 1 heterocycles. The number of hydrogen-bond acceptors (Lipinski definition) is 3. The number of halogens is 3. The van der Waals surface area contributed by atoms with Crippen molar-refractivity contribution in [3.05, 3.63) is 97.7 Å². The highest BCUT2D eigenvalue weighted by molar-refractivity contribution is 7.98. The summed E-state index contributed by atoms with van der Waals surface area (Å²) in [4.78, 5) is 17.9. The van der Waals surface area contributed by atoms with Crippen LogP contribution in [0.5, 0.6) is 0 Å². The summed E-state index contributed by atoms with van der Waals surface area (Å²) in [6.45, 7) is 0. The van der Waals surface area contributed by atoms with Gasteiger partial charge < -0.3 is 0 Å². The minimum atomic E-state index is -0.127. The maximum Gasteiger partial charge on any atom is 0.266 e. The first-order valence-corrected chi connectivity index (χ1v) is 10.5. The number of hydrogen-bond donors (Lipinski definition) is 0. The monoisotopic (exact) mass is 446 g/mol. The summed E-state index contributed by atoms with van der Waals surface area (Å²) in [5.41, 5.74) is 2.15. The van der Waals surface area contributed by atoms with Gasteiger partial charge in [0.1, 0.15) is 0 Å². The van der Waals surface area contributed by atoms with Crippen LogP contribution >= 0.6 is 46.6 Å². The molecule has 28 heavy (non-hydrogen) atoms. The van der Waals surface area contributed by atoms with Gasteiger partial charge in [-0.05, 0) is 54.1 Å². The Hall–Kier alpha value is -1.98. The van der Waals surface area contributed by atoms with E-state index in [9.17, 15) is 4.79 Å². The fourth-order valence-corrected chi connectivity index (χ4v) is 4.51. The topological polar surface area (TPSA) is 34.9 Å². The van der Waals surface area contributed by atoms with Gasteiger partial charge in [0, 0.05) is 20.8 Å². The molecule has 0 N–H and O–H groups in total. The second-order valence-electron chi connectivity index (χ2n) is 6.05. The zero-order valence-corrected chi connectivity index (χ0v) is 17.5. The van der Waals surface area contributed by atoms with E-state index in [0.717, 1.165) is 5.56 Å². The van der Waals surface area contributed by atoms with Gasteiger partial charge in [0.25, 0.3) is 5.56 Å². The van der Waals surface area contributed by atoms with E-state index in [1.54, 1.807) is 47.0 Å². The molecule has 140 valence electrons. The maximum absolute atomic E-state index is 13.2. The van der Waals surface area contributed by atoms with E-state index in [1.165, 1.54) is 11.8 Å². The van der Waals surface area contributed by atoms with Gasteiger partial charge in [-0.15, -0.1) is 0 Å². The van der Waals surface area contributed by atoms with E-state index in [0.29, 0.717) is 42.6 Å². The van der Waals surface area contributed by atoms with Crippen molar-refractivity contribution in [1.82, 2.24) is 9.55 Å². The molecule has 0 aliphatic carbocycles. The second kappa shape index (κ2) is 8.18. The summed E-state index contributed by atoms with van der Waals surface area (Å²) in [5, 5.41) is 2.91. The molecule has 4 aromatic rings. The van der Waals surface area contributed by atoms with Crippen molar-refractivity contribution in [1.29, 1.82) is 0 Å². The third-order valence-corrected chi connectivity index (χ3v) is 6.03. The van der Waals surface area contributed by atoms with Crippen LogP contribution in [0.1, 0.15) is 5.56 Å². The summed E-state index contributed by atoms with van der Waals surface area (Å²) in [6, 6.07) is 19.8. The molecule has 0 aliphatic rings. The van der Waals surface area contributed by atoms with Crippen molar-refractivity contribution in [2.24, 2.45) is 0 Å². The first kappa shape index (κ1) is 19.3. The van der Waals surface area contributed by atoms with Crippen LogP contribution in [-0.4, -0.2) is 9.55 Å². The molecule has 3 aromatic carbocycles. The lowest BCUT2D eigenvalue weighted by Crippen LogP contribution is -2.21. The van der Waals surface area contributed by atoms with Gasteiger partial charge >= 0.3 is 0 Å². The zero-order valence-electron chi connectivity index (χ0n) is 14.4. The predicted molar refractivity (Wildman–Crippen MR) is 118 cm³/mol. The normalized spacial score (nSPS) is 11.1. The Morgan fingerprint density at radius 1 is 0.893 bits per heavy atom. The van der Waals surface area contributed by atoms with Crippen molar-refractivity contribution in [3.8, 4) is 5.69 Å². The number of nitrogens with zero attached hydrogens (tertiary/aromatic N) is 2. The minimum Gasteiger partial charge on any atom is -0.268 e. The molecule has 0 radical (unpaired) electrons. The van der Waals surface area contributed by atoms with E-state index in [4.69, 9.17) is 39.8 Å². The van der Waals surface area contributed by atoms with E-state index in [-0.39, 0.29) is 5.56 Å². The van der Waals surface area contributed by atoms with E-state index >= 15 is 0 Å². The summed E-state index contributed by atoms with van der Waals surface area (Å²) < 4.78 is 1.60. The van der Waals surface area contributed by atoms with Crippen molar-refractivity contribution in [3.63, 3.8) is 0 Å². The number of aromatic nitrogens is 2. The molecule has 0 aliphatic heterocycles.